The molecule has 6 nitrogen and oxygen atoms in total. The summed E-state index contributed by atoms with van der Waals surface area (Å²) < 4.78 is 11.5. The second-order valence-corrected chi connectivity index (χ2v) is 6.80. The normalized spacial score (nSPS) is 24.8. The van der Waals surface area contributed by atoms with E-state index >= 15 is 0 Å². The third-order valence-corrected chi connectivity index (χ3v) is 5.24. The predicted octanol–water partition coefficient (Wildman–Crippen LogP) is 1.54. The van der Waals surface area contributed by atoms with E-state index in [0.717, 1.165) is 44.6 Å². The van der Waals surface area contributed by atoms with Gasteiger partial charge in [-0.3, -0.25) is 9.69 Å². The van der Waals surface area contributed by atoms with Crippen molar-refractivity contribution in [2.24, 2.45) is 17.6 Å². The van der Waals surface area contributed by atoms with E-state index in [2.05, 4.69) is 11.0 Å². The van der Waals surface area contributed by atoms with Crippen molar-refractivity contribution in [3.05, 3.63) is 29.8 Å². The molecular formula is C19H25N3O3. The first-order chi connectivity index (χ1) is 12.2. The van der Waals surface area contributed by atoms with Gasteiger partial charge in [0.05, 0.1) is 23.7 Å². The lowest BCUT2D eigenvalue weighted by molar-refractivity contribution is -0.124. The van der Waals surface area contributed by atoms with E-state index in [-0.39, 0.29) is 17.9 Å². The molecule has 0 unspecified atom stereocenters. The summed E-state index contributed by atoms with van der Waals surface area (Å²) in [6.45, 7) is 4.07. The molecule has 6 heteroatoms. The lowest BCUT2D eigenvalue weighted by atomic mass is 9.84. The van der Waals surface area contributed by atoms with Crippen LogP contribution in [-0.2, 0) is 9.53 Å². The molecule has 2 aliphatic heterocycles. The van der Waals surface area contributed by atoms with Crippen LogP contribution in [0.25, 0.3) is 0 Å². The van der Waals surface area contributed by atoms with Gasteiger partial charge in [-0.15, -0.1) is 0 Å². The molecule has 2 heterocycles. The number of hydrogen-bond acceptors (Lipinski definition) is 5. The minimum atomic E-state index is -0.224. The maximum absolute atomic E-state index is 11.5. The third-order valence-electron chi connectivity index (χ3n) is 5.24. The van der Waals surface area contributed by atoms with Crippen LogP contribution in [0.4, 0.5) is 0 Å². The second-order valence-electron chi connectivity index (χ2n) is 6.80. The number of likely N-dealkylation sites (tertiary alicyclic amines) is 1. The number of carbonyl (C=O) groups excluding carboxylic acids is 1. The van der Waals surface area contributed by atoms with Gasteiger partial charge in [0.25, 0.3) is 0 Å². The first-order valence-electron chi connectivity index (χ1n) is 8.93. The first kappa shape index (κ1) is 17.7. The zero-order chi connectivity index (χ0) is 17.6. The van der Waals surface area contributed by atoms with Gasteiger partial charge in [-0.25, -0.2) is 0 Å². The zero-order valence-corrected chi connectivity index (χ0v) is 14.4. The second kappa shape index (κ2) is 8.32. The van der Waals surface area contributed by atoms with Gasteiger partial charge in [0.2, 0.25) is 5.91 Å². The van der Waals surface area contributed by atoms with Crippen molar-refractivity contribution in [3.63, 3.8) is 0 Å². The lowest BCUT2D eigenvalue weighted by Crippen LogP contribution is -2.43. The number of rotatable bonds is 6. The molecule has 2 aliphatic rings. The Morgan fingerprint density at radius 1 is 1.36 bits per heavy atom. The number of carbonyl (C=O) groups is 1. The summed E-state index contributed by atoms with van der Waals surface area (Å²) in [6, 6.07) is 9.34. The van der Waals surface area contributed by atoms with E-state index in [1.807, 2.05) is 12.1 Å². The summed E-state index contributed by atoms with van der Waals surface area (Å²) in [5, 5.41) is 8.91. The number of nitrogens with two attached hydrogens (primary N) is 1. The number of ether oxygens (including phenoxy) is 2. The summed E-state index contributed by atoms with van der Waals surface area (Å²) in [6.07, 6.45) is 2.82. The predicted molar refractivity (Wildman–Crippen MR) is 92.9 cm³/mol. The number of benzene rings is 1. The summed E-state index contributed by atoms with van der Waals surface area (Å²) in [4.78, 5) is 13.9. The molecule has 0 radical (unpaired) electrons. The summed E-state index contributed by atoms with van der Waals surface area (Å²) >= 11 is 0. The van der Waals surface area contributed by atoms with E-state index in [4.69, 9.17) is 20.5 Å². The van der Waals surface area contributed by atoms with Crippen LogP contribution in [0.1, 0.15) is 24.8 Å². The van der Waals surface area contributed by atoms with Crippen LogP contribution in [0.15, 0.2) is 24.3 Å². The molecule has 3 rings (SSSR count). The van der Waals surface area contributed by atoms with Crippen molar-refractivity contribution in [2.75, 3.05) is 32.8 Å². The van der Waals surface area contributed by atoms with Gasteiger partial charge in [0, 0.05) is 13.2 Å². The van der Waals surface area contributed by atoms with Gasteiger partial charge in [-0.05, 0) is 56.5 Å². The summed E-state index contributed by atoms with van der Waals surface area (Å²) in [5.74, 6) is 0.812. The zero-order valence-electron chi connectivity index (χ0n) is 14.4. The standard InChI is InChI=1S/C19H25N3O3/c20-13-14-2-1-3-16(12-14)24-11-9-22-7-4-15(5-8-22)18-17(19(21)23)6-10-25-18/h1-3,12,15,17-18H,4-11H2,(H2,21,23)/t17-,18+/m0/s1. The Kier molecular flexibility index (Phi) is 5.90. The molecule has 1 aromatic carbocycles. The van der Waals surface area contributed by atoms with Gasteiger partial charge in [0.1, 0.15) is 12.4 Å². The van der Waals surface area contributed by atoms with Crippen LogP contribution < -0.4 is 10.5 Å². The van der Waals surface area contributed by atoms with Crippen LogP contribution in [0.2, 0.25) is 0 Å². The number of nitrogens with zero attached hydrogens (tertiary/aromatic N) is 2. The Hall–Kier alpha value is -2.10. The van der Waals surface area contributed by atoms with Crippen molar-refractivity contribution < 1.29 is 14.3 Å². The van der Waals surface area contributed by atoms with Crippen molar-refractivity contribution >= 4 is 5.91 Å². The smallest absolute Gasteiger partial charge is 0.223 e. The molecule has 2 N–H and O–H groups in total. The molecule has 2 saturated heterocycles. The Morgan fingerprint density at radius 3 is 2.88 bits per heavy atom. The fraction of sp³-hybridized carbons (Fsp3) is 0.579. The van der Waals surface area contributed by atoms with Crippen LogP contribution in [-0.4, -0.2) is 49.8 Å². The number of hydrogen-bond donors (Lipinski definition) is 1. The minimum absolute atomic E-state index is 0.00428. The van der Waals surface area contributed by atoms with Crippen molar-refractivity contribution in [3.8, 4) is 11.8 Å². The monoisotopic (exact) mass is 343 g/mol. The fourth-order valence-electron chi connectivity index (χ4n) is 3.83. The van der Waals surface area contributed by atoms with E-state index in [1.54, 1.807) is 12.1 Å². The molecule has 1 aromatic rings. The maximum Gasteiger partial charge on any atom is 0.223 e. The average Bonchev–Trinajstić information content (AvgIpc) is 3.13. The number of amides is 1. The molecule has 0 spiro atoms. The van der Waals surface area contributed by atoms with Crippen molar-refractivity contribution in [1.82, 2.24) is 4.90 Å². The third kappa shape index (κ3) is 4.50. The maximum atomic E-state index is 11.5. The van der Waals surface area contributed by atoms with Crippen LogP contribution in [0.5, 0.6) is 5.75 Å². The molecule has 0 aliphatic carbocycles. The van der Waals surface area contributed by atoms with Gasteiger partial charge in [0.15, 0.2) is 0 Å². The average molecular weight is 343 g/mol. The molecule has 1 amide bonds. The highest BCUT2D eigenvalue weighted by molar-refractivity contribution is 5.77. The van der Waals surface area contributed by atoms with Crippen LogP contribution in [0, 0.1) is 23.2 Å². The Morgan fingerprint density at radius 2 is 2.16 bits per heavy atom. The van der Waals surface area contributed by atoms with Crippen molar-refractivity contribution in [1.29, 1.82) is 5.26 Å². The van der Waals surface area contributed by atoms with E-state index in [1.165, 1.54) is 0 Å². The van der Waals surface area contributed by atoms with Gasteiger partial charge >= 0.3 is 0 Å². The molecule has 0 saturated carbocycles. The highest BCUT2D eigenvalue weighted by Gasteiger charge is 2.39. The Balaban J connectivity index is 1.41. The van der Waals surface area contributed by atoms with Gasteiger partial charge in [-0.2, -0.15) is 5.26 Å². The SMILES string of the molecule is N#Cc1cccc(OCCN2CCC([C@H]3OCC[C@@H]3C(N)=O)CC2)c1. The molecule has 2 fully saturated rings. The minimum Gasteiger partial charge on any atom is -0.492 e. The number of nitriles is 1. The topological polar surface area (TPSA) is 88.6 Å². The molecule has 25 heavy (non-hydrogen) atoms. The summed E-state index contributed by atoms with van der Waals surface area (Å²) in [5.41, 5.74) is 6.11. The molecule has 0 bridgehead atoms. The van der Waals surface area contributed by atoms with Gasteiger partial charge < -0.3 is 15.2 Å². The Labute approximate surface area is 148 Å². The highest BCUT2D eigenvalue weighted by Crippen LogP contribution is 2.32. The molecule has 2 atom stereocenters. The highest BCUT2D eigenvalue weighted by atomic mass is 16.5. The van der Waals surface area contributed by atoms with E-state index < -0.39 is 0 Å². The molecule has 0 aromatic heterocycles. The van der Waals surface area contributed by atoms with Crippen molar-refractivity contribution in [2.45, 2.75) is 25.4 Å². The quantitative estimate of drug-likeness (QED) is 0.846. The van der Waals surface area contributed by atoms with E-state index in [9.17, 15) is 4.79 Å². The van der Waals surface area contributed by atoms with Crippen LogP contribution >= 0.6 is 0 Å². The fourth-order valence-corrected chi connectivity index (χ4v) is 3.83. The lowest BCUT2D eigenvalue weighted by Gasteiger charge is -2.35. The Bertz CT molecular complexity index is 635. The van der Waals surface area contributed by atoms with E-state index in [0.29, 0.717) is 24.7 Å². The number of primary amides is 1. The first-order valence-corrected chi connectivity index (χ1v) is 8.93. The summed E-state index contributed by atoms with van der Waals surface area (Å²) in [7, 11) is 0. The molecule has 134 valence electrons. The molecular weight excluding hydrogens is 318 g/mol. The van der Waals surface area contributed by atoms with Gasteiger partial charge in [-0.1, -0.05) is 6.07 Å². The largest absolute Gasteiger partial charge is 0.492 e. The van der Waals surface area contributed by atoms with Crippen LogP contribution in [0.3, 0.4) is 0 Å². The number of piperidine rings is 1.